The van der Waals surface area contributed by atoms with E-state index in [4.69, 9.17) is 0 Å². The van der Waals surface area contributed by atoms with Crippen molar-refractivity contribution in [2.24, 2.45) is 7.05 Å². The molecule has 0 spiro atoms. The van der Waals surface area contributed by atoms with Crippen LogP contribution in [0.2, 0.25) is 0 Å². The Balaban J connectivity index is 1.25. The summed E-state index contributed by atoms with van der Waals surface area (Å²) in [5.74, 6) is 0.137. The van der Waals surface area contributed by atoms with Crippen molar-refractivity contribution < 1.29 is 9.90 Å². The SMILES string of the molecule is Cn1cc(C(=O)CN2CCC(O)(Cn3cnc4ccccc43)CC2)c2ccccc21. The molecule has 5 rings (SSSR count). The Hall–Kier alpha value is -2.96. The number of carbonyl (C=O) groups is 1. The summed E-state index contributed by atoms with van der Waals surface area (Å²) in [6.45, 7) is 2.33. The fraction of sp³-hybridized carbons (Fsp3) is 0.333. The standard InChI is InChI=1S/C24H26N4O2/c1-26-14-19(18-6-2-4-8-21(18)26)23(29)15-27-12-10-24(30,11-13-27)16-28-17-25-20-7-3-5-9-22(20)28/h2-9,14,17,30H,10-13,15-16H2,1H3. The first-order valence-corrected chi connectivity index (χ1v) is 10.4. The molecule has 0 aliphatic carbocycles. The van der Waals surface area contributed by atoms with Crippen molar-refractivity contribution in [3.63, 3.8) is 0 Å². The lowest BCUT2D eigenvalue weighted by atomic mass is 9.91. The van der Waals surface area contributed by atoms with Gasteiger partial charge in [0.05, 0.1) is 36.1 Å². The molecule has 6 nitrogen and oxygen atoms in total. The van der Waals surface area contributed by atoms with Crippen LogP contribution in [0.1, 0.15) is 23.2 Å². The third-order valence-corrected chi connectivity index (χ3v) is 6.34. The highest BCUT2D eigenvalue weighted by molar-refractivity contribution is 6.09. The number of likely N-dealkylation sites (tertiary alicyclic amines) is 1. The minimum absolute atomic E-state index is 0.137. The van der Waals surface area contributed by atoms with E-state index in [0.29, 0.717) is 39.0 Å². The van der Waals surface area contributed by atoms with Crippen LogP contribution < -0.4 is 0 Å². The van der Waals surface area contributed by atoms with Gasteiger partial charge in [0.2, 0.25) is 0 Å². The number of rotatable bonds is 5. The van der Waals surface area contributed by atoms with Crippen molar-refractivity contribution in [1.82, 2.24) is 19.0 Å². The van der Waals surface area contributed by atoms with Crippen LogP contribution in [-0.2, 0) is 13.6 Å². The second kappa shape index (κ2) is 7.38. The Morgan fingerprint density at radius 1 is 1.07 bits per heavy atom. The van der Waals surface area contributed by atoms with Crippen LogP contribution in [0.5, 0.6) is 0 Å². The fourth-order valence-corrected chi connectivity index (χ4v) is 4.59. The van der Waals surface area contributed by atoms with Crippen molar-refractivity contribution in [1.29, 1.82) is 0 Å². The summed E-state index contributed by atoms with van der Waals surface area (Å²) in [6, 6.07) is 16.0. The van der Waals surface area contributed by atoms with Gasteiger partial charge < -0.3 is 14.2 Å². The van der Waals surface area contributed by atoms with Crippen LogP contribution in [0.15, 0.2) is 61.1 Å². The summed E-state index contributed by atoms with van der Waals surface area (Å²) in [4.78, 5) is 19.6. The van der Waals surface area contributed by atoms with E-state index in [9.17, 15) is 9.90 Å². The zero-order chi connectivity index (χ0) is 20.7. The van der Waals surface area contributed by atoms with Crippen LogP contribution in [0.4, 0.5) is 0 Å². The predicted molar refractivity (Wildman–Crippen MR) is 118 cm³/mol. The number of aliphatic hydroxyl groups is 1. The van der Waals surface area contributed by atoms with Gasteiger partial charge >= 0.3 is 0 Å². The molecule has 0 amide bonds. The number of piperidine rings is 1. The number of fused-ring (bicyclic) bond motifs is 2. The molecule has 0 unspecified atom stereocenters. The van der Waals surface area contributed by atoms with E-state index in [1.54, 1.807) is 6.33 Å². The Morgan fingerprint density at radius 2 is 1.77 bits per heavy atom. The van der Waals surface area contributed by atoms with Gasteiger partial charge in [0.1, 0.15) is 0 Å². The molecular formula is C24H26N4O2. The number of nitrogens with zero attached hydrogens (tertiary/aromatic N) is 4. The zero-order valence-corrected chi connectivity index (χ0v) is 17.2. The molecule has 4 aromatic rings. The zero-order valence-electron chi connectivity index (χ0n) is 17.2. The third kappa shape index (κ3) is 3.42. The number of hydrogen-bond donors (Lipinski definition) is 1. The molecule has 6 heteroatoms. The molecule has 154 valence electrons. The van der Waals surface area contributed by atoms with Gasteiger partial charge in [-0.25, -0.2) is 4.98 Å². The fourth-order valence-electron chi connectivity index (χ4n) is 4.59. The first-order chi connectivity index (χ1) is 14.5. The highest BCUT2D eigenvalue weighted by Gasteiger charge is 2.33. The Kier molecular flexibility index (Phi) is 4.68. The van der Waals surface area contributed by atoms with Crippen LogP contribution in [0, 0.1) is 0 Å². The maximum absolute atomic E-state index is 13.0. The maximum Gasteiger partial charge on any atom is 0.178 e. The van der Waals surface area contributed by atoms with Crippen molar-refractivity contribution in [3.8, 4) is 0 Å². The highest BCUT2D eigenvalue weighted by atomic mass is 16.3. The van der Waals surface area contributed by atoms with Gasteiger partial charge in [0, 0.05) is 42.8 Å². The molecule has 1 fully saturated rings. The molecule has 30 heavy (non-hydrogen) atoms. The number of aryl methyl sites for hydroxylation is 1. The Bertz CT molecular complexity index is 1210. The monoisotopic (exact) mass is 402 g/mol. The first kappa shape index (κ1) is 19.0. The highest BCUT2D eigenvalue weighted by Crippen LogP contribution is 2.27. The molecule has 1 aliphatic rings. The van der Waals surface area contributed by atoms with Gasteiger partial charge in [-0.15, -0.1) is 0 Å². The summed E-state index contributed by atoms with van der Waals surface area (Å²) in [6.07, 6.45) is 5.02. The molecule has 2 aromatic heterocycles. The number of aromatic nitrogens is 3. The number of Topliss-reactive ketones (excluding diaryl/α,β-unsaturated/α-hetero) is 1. The van der Waals surface area contributed by atoms with Gasteiger partial charge in [0.25, 0.3) is 0 Å². The second-order valence-electron chi connectivity index (χ2n) is 8.46. The van der Waals surface area contributed by atoms with Crippen molar-refractivity contribution in [3.05, 3.63) is 66.6 Å². The summed E-state index contributed by atoms with van der Waals surface area (Å²) in [5.41, 5.74) is 3.06. The minimum atomic E-state index is -0.775. The van der Waals surface area contributed by atoms with Crippen LogP contribution in [0.3, 0.4) is 0 Å². The molecule has 1 N–H and O–H groups in total. The quantitative estimate of drug-likeness (QED) is 0.521. The topological polar surface area (TPSA) is 63.3 Å². The van der Waals surface area contributed by atoms with E-state index >= 15 is 0 Å². The number of ketones is 1. The smallest absolute Gasteiger partial charge is 0.178 e. The normalized spacial score (nSPS) is 17.0. The lowest BCUT2D eigenvalue weighted by Gasteiger charge is -2.38. The van der Waals surface area contributed by atoms with Crippen molar-refractivity contribution in [2.75, 3.05) is 19.6 Å². The Labute approximate surface area is 175 Å². The molecular weight excluding hydrogens is 376 g/mol. The first-order valence-electron chi connectivity index (χ1n) is 10.4. The number of hydrogen-bond acceptors (Lipinski definition) is 4. The summed E-state index contributed by atoms with van der Waals surface area (Å²) >= 11 is 0. The molecule has 0 bridgehead atoms. The average Bonchev–Trinajstić information content (AvgIpc) is 3.31. The van der Waals surface area contributed by atoms with E-state index < -0.39 is 5.60 Å². The average molecular weight is 402 g/mol. The molecule has 0 saturated carbocycles. The number of carbonyl (C=O) groups excluding carboxylic acids is 1. The molecule has 2 aromatic carbocycles. The third-order valence-electron chi connectivity index (χ3n) is 6.34. The van der Waals surface area contributed by atoms with E-state index in [1.807, 2.05) is 70.9 Å². The van der Waals surface area contributed by atoms with Gasteiger partial charge in [-0.3, -0.25) is 9.69 Å². The molecule has 0 atom stereocenters. The van der Waals surface area contributed by atoms with Crippen LogP contribution in [-0.4, -0.2) is 55.1 Å². The number of para-hydroxylation sites is 3. The summed E-state index contributed by atoms with van der Waals surface area (Å²) in [5, 5.41) is 12.2. The van der Waals surface area contributed by atoms with Crippen LogP contribution >= 0.6 is 0 Å². The largest absolute Gasteiger partial charge is 0.388 e. The molecule has 3 heterocycles. The minimum Gasteiger partial charge on any atom is -0.388 e. The summed E-state index contributed by atoms with van der Waals surface area (Å²) in [7, 11) is 1.97. The molecule has 1 aliphatic heterocycles. The van der Waals surface area contributed by atoms with Crippen molar-refractivity contribution >= 4 is 27.7 Å². The maximum atomic E-state index is 13.0. The summed E-state index contributed by atoms with van der Waals surface area (Å²) < 4.78 is 4.04. The van der Waals surface area contributed by atoms with Crippen LogP contribution in [0.25, 0.3) is 21.9 Å². The van der Waals surface area contributed by atoms with Gasteiger partial charge in [-0.2, -0.15) is 0 Å². The van der Waals surface area contributed by atoms with E-state index in [-0.39, 0.29) is 5.78 Å². The molecule has 1 saturated heterocycles. The molecule has 0 radical (unpaired) electrons. The predicted octanol–water partition coefficient (Wildman–Crippen LogP) is 3.24. The van der Waals surface area contributed by atoms with E-state index in [1.165, 1.54) is 0 Å². The van der Waals surface area contributed by atoms with Gasteiger partial charge in [-0.1, -0.05) is 30.3 Å². The van der Waals surface area contributed by atoms with Gasteiger partial charge in [-0.05, 0) is 31.0 Å². The van der Waals surface area contributed by atoms with Crippen molar-refractivity contribution in [2.45, 2.75) is 25.0 Å². The lowest BCUT2D eigenvalue weighted by molar-refractivity contribution is -0.0320. The van der Waals surface area contributed by atoms with Gasteiger partial charge in [0.15, 0.2) is 5.78 Å². The second-order valence-corrected chi connectivity index (χ2v) is 8.46. The van der Waals surface area contributed by atoms with E-state index in [0.717, 1.165) is 27.5 Å². The number of benzene rings is 2. The number of imidazole rings is 1. The lowest BCUT2D eigenvalue weighted by Crippen LogP contribution is -2.48. The van der Waals surface area contributed by atoms with E-state index in [2.05, 4.69) is 9.88 Å². The Morgan fingerprint density at radius 3 is 2.57 bits per heavy atom.